The molecule has 2 aliphatic carbocycles. The number of carbonyl (C=O) groups excluding carboxylic acids is 1. The zero-order chi connectivity index (χ0) is 24.6. The minimum absolute atomic E-state index is 0.189. The third-order valence-corrected chi connectivity index (χ3v) is 9.65. The Labute approximate surface area is 204 Å². The minimum atomic E-state index is -1.39. The maximum atomic E-state index is 12.8. The van der Waals surface area contributed by atoms with Gasteiger partial charge in [-0.05, 0) is 80.7 Å². The van der Waals surface area contributed by atoms with E-state index in [0.717, 1.165) is 53.9 Å². The lowest BCUT2D eigenvalue weighted by Gasteiger charge is -2.25. The van der Waals surface area contributed by atoms with Crippen LogP contribution in [0.2, 0.25) is 19.6 Å². The monoisotopic (exact) mass is 478 g/mol. The highest BCUT2D eigenvalue weighted by Crippen LogP contribution is 2.49. The topological polar surface area (TPSA) is 82.2 Å². The molecule has 0 saturated heterocycles. The van der Waals surface area contributed by atoms with Gasteiger partial charge >= 0.3 is 0 Å². The van der Waals surface area contributed by atoms with E-state index in [4.69, 9.17) is 15.6 Å². The van der Waals surface area contributed by atoms with E-state index < -0.39 is 8.07 Å². The van der Waals surface area contributed by atoms with Crippen molar-refractivity contribution in [2.24, 2.45) is 17.6 Å². The Bertz CT molecular complexity index is 1090. The summed E-state index contributed by atoms with van der Waals surface area (Å²) in [6, 6.07) is 7.85. The van der Waals surface area contributed by atoms with E-state index in [1.54, 1.807) is 0 Å². The maximum Gasteiger partial charge on any atom is 0.271 e. The first kappa shape index (κ1) is 24.5. The molecule has 3 N–H and O–H groups in total. The number of ether oxygens (including phenoxy) is 1. The molecule has 0 aliphatic heterocycles. The lowest BCUT2D eigenvalue weighted by atomic mass is 10.0. The molecule has 1 heterocycles. The highest BCUT2D eigenvalue weighted by molar-refractivity contribution is 6.77. The van der Waals surface area contributed by atoms with Crippen molar-refractivity contribution in [3.05, 3.63) is 53.5 Å². The van der Waals surface area contributed by atoms with Crippen LogP contribution in [-0.4, -0.2) is 29.5 Å². The number of carbonyl (C=O) groups is 1. The number of hydrogen-bond donors (Lipinski definition) is 2. The third-order valence-electron chi connectivity index (χ3n) is 7.05. The predicted octanol–water partition coefficient (Wildman–Crippen LogP) is 5.71. The van der Waals surface area contributed by atoms with Gasteiger partial charge in [0.25, 0.3) is 5.91 Å². The molecule has 0 radical (unpaired) electrons. The zero-order valence-corrected chi connectivity index (χ0v) is 22.1. The Morgan fingerprint density at radius 3 is 2.32 bits per heavy atom. The minimum Gasteiger partial charge on any atom is -0.394 e. The van der Waals surface area contributed by atoms with Gasteiger partial charge in [0.15, 0.2) is 0 Å². The molecule has 2 saturated carbocycles. The molecule has 0 spiro atoms. The van der Waals surface area contributed by atoms with Crippen molar-refractivity contribution in [1.29, 1.82) is 0 Å². The smallest absolute Gasteiger partial charge is 0.271 e. The van der Waals surface area contributed by atoms with Crippen molar-refractivity contribution in [3.8, 4) is 11.1 Å². The summed E-state index contributed by atoms with van der Waals surface area (Å²) in [6.07, 6.45) is 6.48. The maximum absolute atomic E-state index is 12.8. The number of hydrogen-bond acceptors (Lipinski definition) is 4. The Kier molecular flexibility index (Phi) is 6.87. The zero-order valence-electron chi connectivity index (χ0n) is 21.1. The van der Waals surface area contributed by atoms with E-state index in [0.29, 0.717) is 24.3 Å². The van der Waals surface area contributed by atoms with Gasteiger partial charge in [0.2, 0.25) is 0 Å². The Morgan fingerprint density at radius 2 is 1.82 bits per heavy atom. The van der Waals surface area contributed by atoms with Gasteiger partial charge < -0.3 is 15.8 Å². The van der Waals surface area contributed by atoms with Crippen molar-refractivity contribution in [3.63, 3.8) is 0 Å². The molecule has 1 aromatic carbocycles. The van der Waals surface area contributed by atoms with E-state index in [1.807, 2.05) is 41.9 Å². The first-order valence-electron chi connectivity index (χ1n) is 12.3. The molecule has 182 valence electrons. The number of benzene rings is 1. The number of anilines is 1. The van der Waals surface area contributed by atoms with E-state index in [9.17, 15) is 4.79 Å². The van der Waals surface area contributed by atoms with Crippen LogP contribution in [0.5, 0.6) is 0 Å². The van der Waals surface area contributed by atoms with E-state index in [-0.39, 0.29) is 11.6 Å². The second kappa shape index (κ2) is 9.54. The number of rotatable bonds is 10. The van der Waals surface area contributed by atoms with Crippen molar-refractivity contribution >= 4 is 25.7 Å². The predicted molar refractivity (Wildman–Crippen MR) is 142 cm³/mol. The van der Waals surface area contributed by atoms with Crippen LogP contribution in [0, 0.1) is 18.8 Å². The number of aromatic nitrogens is 2. The van der Waals surface area contributed by atoms with Gasteiger partial charge in [-0.1, -0.05) is 38.4 Å². The molecule has 1 atom stereocenters. The Morgan fingerprint density at radius 1 is 1.24 bits per heavy atom. The summed E-state index contributed by atoms with van der Waals surface area (Å²) in [6.45, 7) is 15.5. The summed E-state index contributed by atoms with van der Waals surface area (Å²) in [5.74, 6) is 0.858. The van der Waals surface area contributed by atoms with Gasteiger partial charge in [-0.2, -0.15) is 5.10 Å². The largest absolute Gasteiger partial charge is 0.394 e. The normalized spacial score (nSPS) is 16.7. The van der Waals surface area contributed by atoms with Crippen LogP contribution in [0.25, 0.3) is 17.2 Å². The standard InChI is InChI=1S/C27H38N4O2Si/c1-7-23-24(17(2)30-31(23)16-33-18(3)34(4,5)6)19-12-14-22(15-13-19)29-27(32)26(28)25(20-8-9-20)21-10-11-21/h7,12-15,18,20-21H,1,8-11,16,28H2,2-6H3,(H,29,32)/t18-/m0/s1. The fourth-order valence-electron chi connectivity index (χ4n) is 4.31. The van der Waals surface area contributed by atoms with E-state index in [1.165, 1.54) is 5.57 Å². The van der Waals surface area contributed by atoms with Crippen LogP contribution in [-0.2, 0) is 16.3 Å². The fraction of sp³-hybridized carbons (Fsp3) is 0.481. The molecular weight excluding hydrogens is 440 g/mol. The molecule has 34 heavy (non-hydrogen) atoms. The second-order valence-corrected chi connectivity index (χ2v) is 16.3. The quantitative estimate of drug-likeness (QED) is 0.338. The van der Waals surface area contributed by atoms with Gasteiger partial charge in [0.1, 0.15) is 6.73 Å². The van der Waals surface area contributed by atoms with Crippen molar-refractivity contribution < 1.29 is 9.53 Å². The first-order valence-corrected chi connectivity index (χ1v) is 15.9. The molecule has 2 aromatic rings. The summed E-state index contributed by atoms with van der Waals surface area (Å²) >= 11 is 0. The van der Waals surface area contributed by atoms with E-state index >= 15 is 0 Å². The SMILES string of the molecule is C=Cc1c(-c2ccc(NC(=O)C(N)=C(C3CC3)C3CC3)cc2)c(C)nn1CO[C@H](C)[Si](C)(C)C. The third kappa shape index (κ3) is 5.36. The number of amides is 1. The molecule has 7 heteroatoms. The molecule has 2 fully saturated rings. The molecule has 1 aromatic heterocycles. The van der Waals surface area contributed by atoms with Gasteiger partial charge in [-0.25, -0.2) is 4.68 Å². The number of nitrogens with one attached hydrogen (secondary N) is 1. The van der Waals surface area contributed by atoms with Crippen LogP contribution in [0.1, 0.15) is 44.0 Å². The van der Waals surface area contributed by atoms with Crippen molar-refractivity contribution in [2.45, 2.75) is 71.6 Å². The lowest BCUT2D eigenvalue weighted by Crippen LogP contribution is -2.38. The Balaban J connectivity index is 1.49. The lowest BCUT2D eigenvalue weighted by molar-refractivity contribution is -0.113. The number of aryl methyl sites for hydroxylation is 1. The van der Waals surface area contributed by atoms with Crippen molar-refractivity contribution in [1.82, 2.24) is 9.78 Å². The van der Waals surface area contributed by atoms with Crippen molar-refractivity contribution in [2.75, 3.05) is 5.32 Å². The second-order valence-electron chi connectivity index (χ2n) is 10.8. The fourth-order valence-corrected chi connectivity index (χ4v) is 4.88. The number of nitrogens with zero attached hydrogens (tertiary/aromatic N) is 2. The van der Waals surface area contributed by atoms with Gasteiger partial charge in [0, 0.05) is 17.0 Å². The van der Waals surface area contributed by atoms with Crippen LogP contribution >= 0.6 is 0 Å². The van der Waals surface area contributed by atoms with Gasteiger partial charge in [0.05, 0.1) is 25.2 Å². The molecule has 1 amide bonds. The van der Waals surface area contributed by atoms with Gasteiger partial charge in [-0.15, -0.1) is 0 Å². The van der Waals surface area contributed by atoms with Crippen LogP contribution in [0.3, 0.4) is 0 Å². The molecule has 4 rings (SSSR count). The Hall–Kier alpha value is -2.64. The molecule has 2 aliphatic rings. The summed E-state index contributed by atoms with van der Waals surface area (Å²) < 4.78 is 8.02. The van der Waals surface area contributed by atoms with Crippen LogP contribution < -0.4 is 11.1 Å². The van der Waals surface area contributed by atoms with Crippen LogP contribution in [0.15, 0.2) is 42.1 Å². The number of nitrogens with two attached hydrogens (primary N) is 1. The number of allylic oxidation sites excluding steroid dienone is 1. The summed E-state index contributed by atoms with van der Waals surface area (Å²) in [5, 5.41) is 7.70. The molecule has 6 nitrogen and oxygen atoms in total. The highest BCUT2D eigenvalue weighted by atomic mass is 28.3. The highest BCUT2D eigenvalue weighted by Gasteiger charge is 2.39. The molecule has 0 bridgehead atoms. The van der Waals surface area contributed by atoms with E-state index in [2.05, 4.69) is 38.5 Å². The average molecular weight is 479 g/mol. The summed E-state index contributed by atoms with van der Waals surface area (Å²) in [4.78, 5) is 12.8. The molecule has 0 unspecified atom stereocenters. The summed E-state index contributed by atoms with van der Waals surface area (Å²) in [5.41, 5.74) is 12.8. The summed E-state index contributed by atoms with van der Waals surface area (Å²) in [7, 11) is -1.39. The first-order chi connectivity index (χ1) is 16.1. The van der Waals surface area contributed by atoms with Gasteiger partial charge in [-0.3, -0.25) is 4.79 Å². The average Bonchev–Trinajstić information content (AvgIpc) is 3.71. The van der Waals surface area contributed by atoms with Crippen LogP contribution in [0.4, 0.5) is 5.69 Å². The molecular formula is C27H38N4O2Si.